The molecule has 1 saturated heterocycles. The van der Waals surface area contributed by atoms with Crippen LogP contribution in [-0.4, -0.2) is 59.9 Å². The molecule has 1 N–H and O–H groups in total. The number of benzene rings is 3. The third-order valence-corrected chi connectivity index (χ3v) is 8.12. The molecule has 0 bridgehead atoms. The van der Waals surface area contributed by atoms with Crippen molar-refractivity contribution in [3.8, 4) is 11.5 Å². The van der Waals surface area contributed by atoms with E-state index in [1.807, 2.05) is 60.7 Å². The number of ether oxygens (including phenoxy) is 2. The number of fused-ring (bicyclic) bond motifs is 4. The van der Waals surface area contributed by atoms with Gasteiger partial charge in [-0.15, -0.1) is 0 Å². The molecule has 38 heavy (non-hydrogen) atoms. The maximum absolute atomic E-state index is 13.9. The molecule has 4 aromatic rings. The number of nitrogens with zero attached hydrogens (tertiary/aromatic N) is 2. The molecule has 2 aliphatic rings. The monoisotopic (exact) mass is 573 g/mol. The van der Waals surface area contributed by atoms with Crippen molar-refractivity contribution in [2.24, 2.45) is 0 Å². The van der Waals surface area contributed by atoms with Crippen LogP contribution in [0.25, 0.3) is 10.9 Å². The van der Waals surface area contributed by atoms with Gasteiger partial charge in [-0.1, -0.05) is 52.3 Å². The van der Waals surface area contributed by atoms with Crippen LogP contribution in [0.3, 0.4) is 0 Å². The van der Waals surface area contributed by atoms with Crippen LogP contribution >= 0.6 is 15.9 Å². The second-order valence-corrected chi connectivity index (χ2v) is 10.7. The summed E-state index contributed by atoms with van der Waals surface area (Å²) in [5, 5.41) is 1.10. The molecule has 194 valence electrons. The van der Waals surface area contributed by atoms with Crippen LogP contribution in [0.1, 0.15) is 28.4 Å². The maximum atomic E-state index is 13.9. The van der Waals surface area contributed by atoms with E-state index >= 15 is 0 Å². The van der Waals surface area contributed by atoms with E-state index in [0.717, 1.165) is 37.8 Å². The van der Waals surface area contributed by atoms with Gasteiger partial charge in [0.05, 0.1) is 26.8 Å². The zero-order valence-electron chi connectivity index (χ0n) is 21.2. The number of hydrogen-bond donors (Lipinski definition) is 1. The lowest BCUT2D eigenvalue weighted by molar-refractivity contribution is -0.158. The van der Waals surface area contributed by atoms with Crippen LogP contribution < -0.4 is 9.47 Å². The molecule has 1 fully saturated rings. The Kier molecular flexibility index (Phi) is 6.35. The zero-order valence-corrected chi connectivity index (χ0v) is 22.8. The molecule has 0 spiro atoms. The molecule has 0 saturated carbocycles. The van der Waals surface area contributed by atoms with Crippen molar-refractivity contribution in [2.45, 2.75) is 24.9 Å². The predicted molar refractivity (Wildman–Crippen MR) is 148 cm³/mol. The highest BCUT2D eigenvalue weighted by Crippen LogP contribution is 2.43. The first-order valence-corrected chi connectivity index (χ1v) is 13.4. The van der Waals surface area contributed by atoms with Gasteiger partial charge in [0.15, 0.2) is 11.5 Å². The van der Waals surface area contributed by atoms with Crippen molar-refractivity contribution < 1.29 is 19.1 Å². The van der Waals surface area contributed by atoms with Gasteiger partial charge in [0.1, 0.15) is 6.04 Å². The predicted octanol–water partition coefficient (Wildman–Crippen LogP) is 4.88. The zero-order chi connectivity index (χ0) is 26.4. The summed E-state index contributed by atoms with van der Waals surface area (Å²) in [7, 11) is 3.21. The SMILES string of the molecule is COc1ccc(CCN2CC(=O)N3C(c4cccc(Br)c4)c4[nH]c5ccccc5c4C[C@H]3C2=O)cc1OC. The highest BCUT2D eigenvalue weighted by atomic mass is 79.9. The average molecular weight is 574 g/mol. The Bertz CT molecular complexity index is 1550. The van der Waals surface area contributed by atoms with E-state index in [4.69, 9.17) is 9.47 Å². The third-order valence-electron chi connectivity index (χ3n) is 7.63. The summed E-state index contributed by atoms with van der Waals surface area (Å²) in [4.78, 5) is 34.8. The summed E-state index contributed by atoms with van der Waals surface area (Å²) in [6.45, 7) is 0.509. The average Bonchev–Trinajstić information content (AvgIpc) is 3.31. The van der Waals surface area contributed by atoms with Crippen molar-refractivity contribution in [2.75, 3.05) is 27.3 Å². The van der Waals surface area contributed by atoms with Gasteiger partial charge < -0.3 is 24.3 Å². The molecular weight excluding hydrogens is 546 g/mol. The second-order valence-electron chi connectivity index (χ2n) is 9.74. The Morgan fingerprint density at radius 1 is 0.974 bits per heavy atom. The molecule has 3 heterocycles. The second kappa shape index (κ2) is 9.83. The number of rotatable bonds is 6. The summed E-state index contributed by atoms with van der Waals surface area (Å²) < 4.78 is 11.7. The molecule has 6 rings (SSSR count). The smallest absolute Gasteiger partial charge is 0.246 e. The minimum absolute atomic E-state index is 0.0130. The number of piperazine rings is 1. The molecule has 2 aliphatic heterocycles. The fourth-order valence-electron chi connectivity index (χ4n) is 5.84. The summed E-state index contributed by atoms with van der Waals surface area (Å²) in [6, 6.07) is 21.0. The van der Waals surface area contributed by atoms with Crippen molar-refractivity contribution >= 4 is 38.6 Å². The van der Waals surface area contributed by atoms with Gasteiger partial charge in [0.25, 0.3) is 0 Å². The number of aromatic nitrogens is 1. The fourth-order valence-corrected chi connectivity index (χ4v) is 6.25. The van der Waals surface area contributed by atoms with Crippen LogP contribution in [0.15, 0.2) is 71.2 Å². The molecule has 2 amide bonds. The summed E-state index contributed by atoms with van der Waals surface area (Å²) >= 11 is 3.58. The number of carbonyl (C=O) groups is 2. The Labute approximate surface area is 229 Å². The normalized spacial score (nSPS) is 18.9. The van der Waals surface area contributed by atoms with Crippen LogP contribution in [0, 0.1) is 0 Å². The van der Waals surface area contributed by atoms with Gasteiger partial charge in [-0.05, 0) is 53.4 Å². The molecule has 2 atom stereocenters. The number of nitrogens with one attached hydrogen (secondary N) is 1. The van der Waals surface area contributed by atoms with E-state index in [0.29, 0.717) is 30.9 Å². The fraction of sp³-hybridized carbons (Fsp3) is 0.267. The number of carbonyl (C=O) groups excluding carboxylic acids is 2. The number of hydrogen-bond acceptors (Lipinski definition) is 4. The number of amides is 2. The van der Waals surface area contributed by atoms with Gasteiger partial charge >= 0.3 is 0 Å². The van der Waals surface area contributed by atoms with E-state index in [1.54, 1.807) is 24.0 Å². The number of H-pyrrole nitrogens is 1. The Morgan fingerprint density at radius 3 is 2.58 bits per heavy atom. The largest absolute Gasteiger partial charge is 0.493 e. The lowest BCUT2D eigenvalue weighted by atomic mass is 9.86. The number of halogens is 1. The third kappa shape index (κ3) is 4.13. The number of aromatic amines is 1. The molecular formula is C30H28BrN3O4. The molecule has 3 aromatic carbocycles. The number of methoxy groups -OCH3 is 2. The van der Waals surface area contributed by atoms with E-state index in [-0.39, 0.29) is 24.4 Å². The highest BCUT2D eigenvalue weighted by Gasteiger charge is 2.48. The van der Waals surface area contributed by atoms with Crippen molar-refractivity contribution in [3.05, 3.63) is 93.6 Å². The van der Waals surface area contributed by atoms with Gasteiger partial charge in [-0.3, -0.25) is 9.59 Å². The summed E-state index contributed by atoms with van der Waals surface area (Å²) in [6.07, 6.45) is 1.10. The maximum Gasteiger partial charge on any atom is 0.246 e. The molecule has 1 unspecified atom stereocenters. The molecule has 0 aliphatic carbocycles. The first-order chi connectivity index (χ1) is 18.5. The number of para-hydroxylation sites is 1. The summed E-state index contributed by atoms with van der Waals surface area (Å²) in [5.74, 6) is 1.25. The highest BCUT2D eigenvalue weighted by molar-refractivity contribution is 9.10. The van der Waals surface area contributed by atoms with E-state index in [9.17, 15) is 9.59 Å². The van der Waals surface area contributed by atoms with E-state index < -0.39 is 6.04 Å². The molecule has 1 aromatic heterocycles. The Morgan fingerprint density at radius 2 is 1.79 bits per heavy atom. The topological polar surface area (TPSA) is 74.9 Å². The van der Waals surface area contributed by atoms with E-state index in [2.05, 4.69) is 27.0 Å². The van der Waals surface area contributed by atoms with Crippen LogP contribution in [0.5, 0.6) is 11.5 Å². The Balaban J connectivity index is 1.34. The van der Waals surface area contributed by atoms with Crippen LogP contribution in [0.2, 0.25) is 0 Å². The van der Waals surface area contributed by atoms with Gasteiger partial charge in [-0.2, -0.15) is 0 Å². The molecule has 0 radical (unpaired) electrons. The summed E-state index contributed by atoms with van der Waals surface area (Å²) in [5.41, 5.74) is 5.09. The standard InChI is InChI=1S/C30H28BrN3O4/c1-37-25-11-10-18(14-26(25)38-2)12-13-33-17-27(35)34-24(30(33)36)16-22-21-8-3-4-9-23(21)32-28(22)29(34)19-6-5-7-20(31)15-19/h3-11,14-15,24,29,32H,12-13,16-17H2,1-2H3/t24-,29?/m0/s1. The van der Waals surface area contributed by atoms with E-state index in [1.165, 1.54) is 0 Å². The lowest BCUT2D eigenvalue weighted by Gasteiger charge is -2.47. The Hall–Kier alpha value is -3.78. The van der Waals surface area contributed by atoms with Gasteiger partial charge in [0, 0.05) is 34.0 Å². The van der Waals surface area contributed by atoms with Crippen molar-refractivity contribution in [1.29, 1.82) is 0 Å². The minimum Gasteiger partial charge on any atom is -0.493 e. The lowest BCUT2D eigenvalue weighted by Crippen LogP contribution is -2.63. The first kappa shape index (κ1) is 24.6. The van der Waals surface area contributed by atoms with Gasteiger partial charge in [0.2, 0.25) is 11.8 Å². The first-order valence-electron chi connectivity index (χ1n) is 12.6. The molecule has 7 nitrogen and oxygen atoms in total. The quantitative estimate of drug-likeness (QED) is 0.357. The van der Waals surface area contributed by atoms with Gasteiger partial charge in [-0.25, -0.2) is 0 Å². The van der Waals surface area contributed by atoms with Crippen molar-refractivity contribution in [1.82, 2.24) is 14.8 Å². The molecule has 8 heteroatoms. The van der Waals surface area contributed by atoms with Crippen LogP contribution in [-0.2, 0) is 22.4 Å². The minimum atomic E-state index is -0.558. The van der Waals surface area contributed by atoms with Crippen LogP contribution in [0.4, 0.5) is 0 Å². The van der Waals surface area contributed by atoms with Crippen molar-refractivity contribution in [3.63, 3.8) is 0 Å².